The van der Waals surface area contributed by atoms with Crippen LogP contribution in [-0.4, -0.2) is 58.2 Å². The quantitative estimate of drug-likeness (QED) is 0.922. The summed E-state index contributed by atoms with van der Waals surface area (Å²) >= 11 is 0. The van der Waals surface area contributed by atoms with Gasteiger partial charge >= 0.3 is 6.03 Å². The SMILES string of the molecule is CCn1nc(C)c(NC(=O)N2CCC[C@H]2C(=O)N(C)C)c1C. The zero-order valence-corrected chi connectivity index (χ0v) is 14.0. The van der Waals surface area contributed by atoms with Crippen LogP contribution in [0.15, 0.2) is 0 Å². The molecule has 7 nitrogen and oxygen atoms in total. The van der Waals surface area contributed by atoms with Gasteiger partial charge in [-0.3, -0.25) is 9.48 Å². The summed E-state index contributed by atoms with van der Waals surface area (Å²) in [5.74, 6) is -0.0228. The number of hydrogen-bond acceptors (Lipinski definition) is 3. The van der Waals surface area contributed by atoms with E-state index in [0.717, 1.165) is 36.5 Å². The molecule has 2 heterocycles. The van der Waals surface area contributed by atoms with Crippen LogP contribution in [0.3, 0.4) is 0 Å². The number of carbonyl (C=O) groups excluding carboxylic acids is 2. The van der Waals surface area contributed by atoms with Crippen molar-refractivity contribution in [3.8, 4) is 0 Å². The molecule has 3 amide bonds. The second-order valence-electron chi connectivity index (χ2n) is 5.88. The van der Waals surface area contributed by atoms with Crippen LogP contribution in [0, 0.1) is 13.8 Å². The number of aryl methyl sites for hydroxylation is 2. The summed E-state index contributed by atoms with van der Waals surface area (Å²) in [4.78, 5) is 27.9. The summed E-state index contributed by atoms with van der Waals surface area (Å²) in [5.41, 5.74) is 2.47. The lowest BCUT2D eigenvalue weighted by atomic mass is 10.2. The Kier molecular flexibility index (Phi) is 4.73. The van der Waals surface area contributed by atoms with Crippen molar-refractivity contribution in [2.75, 3.05) is 26.0 Å². The number of likely N-dealkylation sites (N-methyl/N-ethyl adjacent to an activating group) is 1. The molecule has 0 saturated carbocycles. The van der Waals surface area contributed by atoms with Gasteiger partial charge in [0.25, 0.3) is 0 Å². The van der Waals surface area contributed by atoms with E-state index in [1.165, 1.54) is 0 Å². The van der Waals surface area contributed by atoms with Crippen LogP contribution in [0.1, 0.15) is 31.2 Å². The van der Waals surface area contributed by atoms with Crippen LogP contribution in [0.5, 0.6) is 0 Å². The van der Waals surface area contributed by atoms with Gasteiger partial charge in [-0.05, 0) is 33.6 Å². The van der Waals surface area contributed by atoms with Gasteiger partial charge < -0.3 is 15.1 Å². The second kappa shape index (κ2) is 6.37. The molecule has 0 aromatic carbocycles. The molecule has 1 N–H and O–H groups in total. The summed E-state index contributed by atoms with van der Waals surface area (Å²) in [6.45, 7) is 7.19. The molecule has 1 aliphatic rings. The number of hydrogen-bond donors (Lipinski definition) is 1. The van der Waals surface area contributed by atoms with Crippen LogP contribution < -0.4 is 5.32 Å². The zero-order chi connectivity index (χ0) is 16.4. The van der Waals surface area contributed by atoms with Gasteiger partial charge in [0.05, 0.1) is 17.1 Å². The average molecular weight is 307 g/mol. The Labute approximate surface area is 131 Å². The van der Waals surface area contributed by atoms with E-state index in [1.54, 1.807) is 23.9 Å². The highest BCUT2D eigenvalue weighted by atomic mass is 16.2. The number of amides is 3. The topological polar surface area (TPSA) is 70.5 Å². The predicted octanol–water partition coefficient (Wildman–Crippen LogP) is 1.60. The molecule has 1 aliphatic heterocycles. The van der Waals surface area contributed by atoms with E-state index in [4.69, 9.17) is 0 Å². The van der Waals surface area contributed by atoms with E-state index in [2.05, 4.69) is 10.4 Å². The first-order valence-corrected chi connectivity index (χ1v) is 7.69. The number of nitrogens with zero attached hydrogens (tertiary/aromatic N) is 4. The molecule has 0 unspecified atom stereocenters. The normalized spacial score (nSPS) is 17.7. The zero-order valence-electron chi connectivity index (χ0n) is 14.0. The fraction of sp³-hybridized carbons (Fsp3) is 0.667. The van der Waals surface area contributed by atoms with Crippen molar-refractivity contribution < 1.29 is 9.59 Å². The van der Waals surface area contributed by atoms with E-state index in [1.807, 2.05) is 25.5 Å². The number of nitrogens with one attached hydrogen (secondary N) is 1. The van der Waals surface area contributed by atoms with Gasteiger partial charge in [-0.2, -0.15) is 5.10 Å². The van der Waals surface area contributed by atoms with E-state index in [9.17, 15) is 9.59 Å². The summed E-state index contributed by atoms with van der Waals surface area (Å²) in [6.07, 6.45) is 1.57. The van der Waals surface area contributed by atoms with Gasteiger partial charge in [-0.1, -0.05) is 0 Å². The third-order valence-electron chi connectivity index (χ3n) is 4.15. The molecule has 7 heteroatoms. The number of anilines is 1. The summed E-state index contributed by atoms with van der Waals surface area (Å²) in [6, 6.07) is -0.587. The third kappa shape index (κ3) is 2.93. The first kappa shape index (κ1) is 16.3. The molecule has 22 heavy (non-hydrogen) atoms. The highest BCUT2D eigenvalue weighted by Gasteiger charge is 2.35. The number of likely N-dealkylation sites (tertiary alicyclic amines) is 1. The average Bonchev–Trinajstić information content (AvgIpc) is 3.06. The van der Waals surface area contributed by atoms with Gasteiger partial charge in [-0.25, -0.2) is 4.79 Å². The maximum absolute atomic E-state index is 12.6. The molecule has 0 aliphatic carbocycles. The van der Waals surface area contributed by atoms with E-state index >= 15 is 0 Å². The Balaban J connectivity index is 2.15. The van der Waals surface area contributed by atoms with Crippen molar-refractivity contribution in [2.45, 2.75) is 46.2 Å². The van der Waals surface area contributed by atoms with Crippen LogP contribution in [-0.2, 0) is 11.3 Å². The van der Waals surface area contributed by atoms with Gasteiger partial charge in [0, 0.05) is 27.2 Å². The van der Waals surface area contributed by atoms with E-state index in [0.29, 0.717) is 6.54 Å². The molecule has 0 radical (unpaired) electrons. The number of rotatable bonds is 3. The molecule has 1 atom stereocenters. The van der Waals surface area contributed by atoms with E-state index in [-0.39, 0.29) is 18.0 Å². The smallest absolute Gasteiger partial charge is 0.322 e. The molecule has 1 aromatic rings. The number of urea groups is 1. The summed E-state index contributed by atoms with van der Waals surface area (Å²) < 4.78 is 1.86. The molecule has 0 spiro atoms. The Bertz CT molecular complexity index is 579. The number of aromatic nitrogens is 2. The fourth-order valence-corrected chi connectivity index (χ4v) is 2.93. The minimum Gasteiger partial charge on any atom is -0.347 e. The Morgan fingerprint density at radius 3 is 2.59 bits per heavy atom. The minimum atomic E-state index is -0.364. The Morgan fingerprint density at radius 1 is 1.36 bits per heavy atom. The lowest BCUT2D eigenvalue weighted by Gasteiger charge is -2.26. The predicted molar refractivity (Wildman–Crippen MR) is 84.8 cm³/mol. The van der Waals surface area contributed by atoms with Crippen LogP contribution in [0.25, 0.3) is 0 Å². The summed E-state index contributed by atoms with van der Waals surface area (Å²) in [5, 5.41) is 7.33. The molecule has 1 aromatic heterocycles. The van der Waals surface area contributed by atoms with Crippen LogP contribution in [0.2, 0.25) is 0 Å². The monoisotopic (exact) mass is 307 g/mol. The molecular formula is C15H25N5O2. The summed E-state index contributed by atoms with van der Waals surface area (Å²) in [7, 11) is 3.44. The minimum absolute atomic E-state index is 0.0228. The van der Waals surface area contributed by atoms with Crippen molar-refractivity contribution in [2.24, 2.45) is 0 Å². The maximum atomic E-state index is 12.6. The lowest BCUT2D eigenvalue weighted by molar-refractivity contribution is -0.132. The van der Waals surface area contributed by atoms with Gasteiger partial charge in [0.1, 0.15) is 6.04 Å². The molecule has 2 rings (SSSR count). The van der Waals surface area contributed by atoms with Gasteiger partial charge in [-0.15, -0.1) is 0 Å². The Hall–Kier alpha value is -2.05. The fourth-order valence-electron chi connectivity index (χ4n) is 2.93. The highest BCUT2D eigenvalue weighted by molar-refractivity contribution is 5.94. The first-order chi connectivity index (χ1) is 10.4. The van der Waals surface area contributed by atoms with Crippen LogP contribution >= 0.6 is 0 Å². The molecular weight excluding hydrogens is 282 g/mol. The van der Waals surface area contributed by atoms with Gasteiger partial charge in [0.15, 0.2) is 0 Å². The van der Waals surface area contributed by atoms with E-state index < -0.39 is 0 Å². The van der Waals surface area contributed by atoms with Crippen molar-refractivity contribution in [3.63, 3.8) is 0 Å². The van der Waals surface area contributed by atoms with Crippen LogP contribution in [0.4, 0.5) is 10.5 Å². The van der Waals surface area contributed by atoms with Crippen molar-refractivity contribution in [1.82, 2.24) is 19.6 Å². The van der Waals surface area contributed by atoms with Crippen molar-refractivity contribution in [3.05, 3.63) is 11.4 Å². The lowest BCUT2D eigenvalue weighted by Crippen LogP contribution is -2.47. The third-order valence-corrected chi connectivity index (χ3v) is 4.15. The molecule has 0 bridgehead atoms. The first-order valence-electron chi connectivity index (χ1n) is 7.69. The maximum Gasteiger partial charge on any atom is 0.322 e. The highest BCUT2D eigenvalue weighted by Crippen LogP contribution is 2.23. The number of carbonyl (C=O) groups is 2. The molecule has 1 saturated heterocycles. The molecule has 122 valence electrons. The van der Waals surface area contributed by atoms with Crippen molar-refractivity contribution in [1.29, 1.82) is 0 Å². The van der Waals surface area contributed by atoms with Crippen molar-refractivity contribution >= 4 is 17.6 Å². The standard InChI is InChI=1S/C15H25N5O2/c1-6-20-11(3)13(10(2)17-20)16-15(22)19-9-7-8-12(19)14(21)18(4)5/h12H,6-9H2,1-5H3,(H,16,22)/t12-/m0/s1. The van der Waals surface area contributed by atoms with Gasteiger partial charge in [0.2, 0.25) is 5.91 Å². The molecule has 1 fully saturated rings. The Morgan fingerprint density at radius 2 is 2.05 bits per heavy atom. The largest absolute Gasteiger partial charge is 0.347 e. The second-order valence-corrected chi connectivity index (χ2v) is 5.88.